The van der Waals surface area contributed by atoms with Crippen LogP contribution in [0.5, 0.6) is 0 Å². The molecule has 1 aliphatic heterocycles. The van der Waals surface area contributed by atoms with Crippen molar-refractivity contribution in [2.75, 3.05) is 6.54 Å². The molecule has 0 saturated carbocycles. The van der Waals surface area contributed by atoms with Gasteiger partial charge in [-0.3, -0.25) is 9.48 Å². The van der Waals surface area contributed by atoms with E-state index >= 15 is 0 Å². The van der Waals surface area contributed by atoms with Gasteiger partial charge >= 0.3 is 0 Å². The van der Waals surface area contributed by atoms with Crippen molar-refractivity contribution < 1.29 is 9.32 Å². The number of hydrogen-bond donors (Lipinski definition) is 0. The first-order chi connectivity index (χ1) is 12.0. The van der Waals surface area contributed by atoms with E-state index < -0.39 is 0 Å². The molecule has 1 aliphatic rings. The van der Waals surface area contributed by atoms with Crippen LogP contribution in [0, 0.1) is 27.7 Å². The van der Waals surface area contributed by atoms with Crippen molar-refractivity contribution in [1.82, 2.24) is 19.8 Å². The van der Waals surface area contributed by atoms with Crippen LogP contribution in [0.15, 0.2) is 10.6 Å². The Balaban J connectivity index is 1.65. The number of aromatic nitrogens is 3. The molecule has 0 unspecified atom stereocenters. The second-order valence-electron chi connectivity index (χ2n) is 7.15. The highest BCUT2D eigenvalue weighted by atomic mass is 16.5. The summed E-state index contributed by atoms with van der Waals surface area (Å²) >= 11 is 0. The Morgan fingerprint density at radius 1 is 1.28 bits per heavy atom. The average molecular weight is 344 g/mol. The monoisotopic (exact) mass is 344 g/mol. The maximum Gasteiger partial charge on any atom is 0.223 e. The minimum atomic E-state index is 0.228. The smallest absolute Gasteiger partial charge is 0.223 e. The van der Waals surface area contributed by atoms with E-state index in [0.29, 0.717) is 12.8 Å². The fourth-order valence-electron chi connectivity index (χ4n) is 3.81. The second-order valence-corrected chi connectivity index (χ2v) is 7.15. The predicted molar refractivity (Wildman–Crippen MR) is 95.4 cm³/mol. The van der Waals surface area contributed by atoms with Crippen molar-refractivity contribution in [3.63, 3.8) is 0 Å². The number of rotatable bonds is 5. The fraction of sp³-hybridized carbons (Fsp3) is 0.632. The molecule has 6 nitrogen and oxygen atoms in total. The molecule has 0 aliphatic carbocycles. The second kappa shape index (κ2) is 7.42. The fourth-order valence-corrected chi connectivity index (χ4v) is 3.81. The molecule has 2 aromatic rings. The zero-order valence-corrected chi connectivity index (χ0v) is 15.7. The van der Waals surface area contributed by atoms with Gasteiger partial charge in [0.15, 0.2) is 0 Å². The van der Waals surface area contributed by atoms with Crippen molar-refractivity contribution in [1.29, 1.82) is 0 Å². The van der Waals surface area contributed by atoms with Crippen LogP contribution in [-0.2, 0) is 17.8 Å². The van der Waals surface area contributed by atoms with Gasteiger partial charge in [-0.2, -0.15) is 5.10 Å². The third-order valence-corrected chi connectivity index (χ3v) is 5.20. The summed E-state index contributed by atoms with van der Waals surface area (Å²) in [5, 5.41) is 8.54. The number of likely N-dealkylation sites (tertiary alicyclic amines) is 1. The molecule has 1 saturated heterocycles. The lowest BCUT2D eigenvalue weighted by Gasteiger charge is -2.36. The van der Waals surface area contributed by atoms with Crippen molar-refractivity contribution in [2.45, 2.75) is 72.4 Å². The number of amides is 1. The summed E-state index contributed by atoms with van der Waals surface area (Å²) in [5.74, 6) is 1.05. The van der Waals surface area contributed by atoms with E-state index in [1.807, 2.05) is 25.5 Å². The summed E-state index contributed by atoms with van der Waals surface area (Å²) < 4.78 is 7.24. The Labute approximate surface area is 149 Å². The average Bonchev–Trinajstić information content (AvgIpc) is 3.07. The summed E-state index contributed by atoms with van der Waals surface area (Å²) in [5.41, 5.74) is 4.15. The third kappa shape index (κ3) is 3.94. The van der Waals surface area contributed by atoms with E-state index in [1.165, 1.54) is 6.42 Å². The standard InChI is InChI=1S/C19H28N4O2/c1-13-11-14(2)23(20-13)12-17-7-5-6-10-22(17)19(24)9-8-18-15(3)21-25-16(18)4/h11,17H,5-10,12H2,1-4H3/t17-/m1/s1. The molecule has 3 rings (SSSR count). The van der Waals surface area contributed by atoms with Crippen LogP contribution in [0.4, 0.5) is 0 Å². The van der Waals surface area contributed by atoms with Crippen molar-refractivity contribution in [3.8, 4) is 0 Å². The first-order valence-electron chi connectivity index (χ1n) is 9.18. The Bertz CT molecular complexity index is 727. The largest absolute Gasteiger partial charge is 0.361 e. The molecule has 1 fully saturated rings. The Morgan fingerprint density at radius 3 is 2.72 bits per heavy atom. The van der Waals surface area contributed by atoms with Gasteiger partial charge in [0.05, 0.1) is 24.0 Å². The van der Waals surface area contributed by atoms with Crippen molar-refractivity contribution in [3.05, 3.63) is 34.5 Å². The molecular weight excluding hydrogens is 316 g/mol. The number of carbonyl (C=O) groups is 1. The molecule has 0 bridgehead atoms. The molecule has 1 amide bonds. The number of piperidine rings is 1. The summed E-state index contributed by atoms with van der Waals surface area (Å²) in [4.78, 5) is 14.9. The highest BCUT2D eigenvalue weighted by molar-refractivity contribution is 5.77. The highest BCUT2D eigenvalue weighted by Gasteiger charge is 2.27. The molecule has 0 N–H and O–H groups in total. The normalized spacial score (nSPS) is 17.9. The first kappa shape index (κ1) is 17.7. The molecule has 2 aromatic heterocycles. The van der Waals surface area contributed by atoms with E-state index in [4.69, 9.17) is 4.52 Å². The summed E-state index contributed by atoms with van der Waals surface area (Å²) in [6, 6.07) is 2.33. The van der Waals surface area contributed by atoms with Gasteiger partial charge in [-0.05, 0) is 59.4 Å². The summed E-state index contributed by atoms with van der Waals surface area (Å²) in [6.45, 7) is 9.57. The Hall–Kier alpha value is -2.11. The summed E-state index contributed by atoms with van der Waals surface area (Å²) in [6.07, 6.45) is 4.53. The van der Waals surface area contributed by atoms with Gasteiger partial charge in [-0.25, -0.2) is 0 Å². The molecule has 3 heterocycles. The topological polar surface area (TPSA) is 64.2 Å². The zero-order valence-electron chi connectivity index (χ0n) is 15.7. The predicted octanol–water partition coefficient (Wildman–Crippen LogP) is 3.12. The lowest BCUT2D eigenvalue weighted by atomic mass is 10.0. The van der Waals surface area contributed by atoms with Crippen LogP contribution >= 0.6 is 0 Å². The molecule has 0 radical (unpaired) electrons. The van der Waals surface area contributed by atoms with Gasteiger partial charge < -0.3 is 9.42 Å². The van der Waals surface area contributed by atoms with Gasteiger partial charge in [0.2, 0.25) is 5.91 Å². The van der Waals surface area contributed by atoms with Crippen LogP contribution in [0.1, 0.15) is 54.1 Å². The van der Waals surface area contributed by atoms with Crippen LogP contribution in [0.2, 0.25) is 0 Å². The van der Waals surface area contributed by atoms with Crippen LogP contribution in [0.25, 0.3) is 0 Å². The first-order valence-corrected chi connectivity index (χ1v) is 9.18. The van der Waals surface area contributed by atoms with E-state index in [-0.39, 0.29) is 11.9 Å². The number of nitrogens with zero attached hydrogens (tertiary/aromatic N) is 4. The molecule has 0 spiro atoms. The van der Waals surface area contributed by atoms with E-state index in [0.717, 1.165) is 54.3 Å². The minimum Gasteiger partial charge on any atom is -0.361 e. The molecule has 1 atom stereocenters. The van der Waals surface area contributed by atoms with Gasteiger partial charge in [0.1, 0.15) is 5.76 Å². The number of carbonyl (C=O) groups excluding carboxylic acids is 1. The lowest BCUT2D eigenvalue weighted by molar-refractivity contribution is -0.135. The van der Waals surface area contributed by atoms with E-state index in [9.17, 15) is 4.79 Å². The van der Waals surface area contributed by atoms with Gasteiger partial charge in [0, 0.05) is 24.2 Å². The van der Waals surface area contributed by atoms with Crippen LogP contribution < -0.4 is 0 Å². The van der Waals surface area contributed by atoms with E-state index in [1.54, 1.807) is 0 Å². The maximum absolute atomic E-state index is 12.9. The van der Waals surface area contributed by atoms with Gasteiger partial charge in [-0.15, -0.1) is 0 Å². The van der Waals surface area contributed by atoms with Gasteiger partial charge in [-0.1, -0.05) is 5.16 Å². The summed E-state index contributed by atoms with van der Waals surface area (Å²) in [7, 11) is 0. The molecule has 136 valence electrons. The molecular formula is C19H28N4O2. The quantitative estimate of drug-likeness (QED) is 0.836. The van der Waals surface area contributed by atoms with E-state index in [2.05, 4.69) is 28.1 Å². The van der Waals surface area contributed by atoms with Crippen molar-refractivity contribution >= 4 is 5.91 Å². The molecule has 0 aromatic carbocycles. The van der Waals surface area contributed by atoms with Crippen molar-refractivity contribution in [2.24, 2.45) is 0 Å². The molecule has 6 heteroatoms. The SMILES string of the molecule is Cc1cc(C)n(C[C@H]2CCCCN2C(=O)CCc2c(C)noc2C)n1. The minimum absolute atomic E-state index is 0.228. The van der Waals surface area contributed by atoms with Gasteiger partial charge in [0.25, 0.3) is 0 Å². The zero-order chi connectivity index (χ0) is 18.0. The lowest BCUT2D eigenvalue weighted by Crippen LogP contribution is -2.46. The Kier molecular flexibility index (Phi) is 5.25. The van der Waals surface area contributed by atoms with Crippen LogP contribution in [0.3, 0.4) is 0 Å². The number of aryl methyl sites for hydroxylation is 4. The maximum atomic E-state index is 12.9. The molecule has 25 heavy (non-hydrogen) atoms. The Morgan fingerprint density at radius 2 is 2.08 bits per heavy atom. The highest BCUT2D eigenvalue weighted by Crippen LogP contribution is 2.22. The number of hydrogen-bond acceptors (Lipinski definition) is 4. The third-order valence-electron chi connectivity index (χ3n) is 5.20. The van der Waals surface area contributed by atoms with Crippen LogP contribution in [-0.4, -0.2) is 38.3 Å².